The Labute approximate surface area is 150 Å². The summed E-state index contributed by atoms with van der Waals surface area (Å²) >= 11 is 0. The minimum atomic E-state index is -0.947. The van der Waals surface area contributed by atoms with Crippen LogP contribution in [0.1, 0.15) is 27.8 Å². The Morgan fingerprint density at radius 3 is 2.38 bits per heavy atom. The van der Waals surface area contributed by atoms with E-state index in [9.17, 15) is 9.59 Å². The van der Waals surface area contributed by atoms with Crippen LogP contribution in [0, 0.1) is 0 Å². The molecule has 0 amide bonds. The van der Waals surface area contributed by atoms with E-state index in [-0.39, 0.29) is 11.5 Å². The van der Waals surface area contributed by atoms with Gasteiger partial charge in [-0.25, -0.2) is 4.79 Å². The largest absolute Gasteiger partial charge is 0.497 e. The Morgan fingerprint density at radius 2 is 1.73 bits per heavy atom. The molecule has 1 aromatic heterocycles. The lowest BCUT2D eigenvalue weighted by molar-refractivity contribution is 0.0312. The lowest BCUT2D eigenvalue weighted by Crippen LogP contribution is -2.24. The lowest BCUT2D eigenvalue weighted by atomic mass is 10.1. The van der Waals surface area contributed by atoms with Crippen LogP contribution in [0.5, 0.6) is 5.75 Å². The molecule has 3 aromatic rings. The molecule has 0 aliphatic rings. The molecule has 0 radical (unpaired) electrons. The predicted octanol–water partition coefficient (Wildman–Crippen LogP) is 2.70. The standard InChI is InChI=1S/C19H17N3O4/c1-13(18(23)14-8-10-16(25-2)11-9-14)26-19(24)17-12-20-22(21-17)15-6-4-3-5-7-15/h3-13H,1-2H3/t13-/m1/s1. The van der Waals surface area contributed by atoms with Gasteiger partial charge in [0.2, 0.25) is 5.78 Å². The highest BCUT2D eigenvalue weighted by molar-refractivity contribution is 6.01. The van der Waals surface area contributed by atoms with Gasteiger partial charge in [0.1, 0.15) is 5.75 Å². The van der Waals surface area contributed by atoms with Gasteiger partial charge >= 0.3 is 5.97 Å². The molecule has 0 spiro atoms. The summed E-state index contributed by atoms with van der Waals surface area (Å²) in [4.78, 5) is 25.9. The molecule has 1 atom stereocenters. The number of esters is 1. The molecule has 0 N–H and O–H groups in total. The fraction of sp³-hybridized carbons (Fsp3) is 0.158. The van der Waals surface area contributed by atoms with E-state index in [1.165, 1.54) is 17.9 Å². The second-order valence-electron chi connectivity index (χ2n) is 5.50. The van der Waals surface area contributed by atoms with Crippen LogP contribution in [0.25, 0.3) is 5.69 Å². The Bertz CT molecular complexity index is 904. The number of Topliss-reactive ketones (excluding diaryl/α,β-unsaturated/α-hetero) is 1. The SMILES string of the molecule is COc1ccc(C(=O)[C@@H](C)OC(=O)c2cnn(-c3ccccc3)n2)cc1. The number of para-hydroxylation sites is 1. The molecule has 7 heteroatoms. The van der Waals surface area contributed by atoms with Crippen LogP contribution in [-0.4, -0.2) is 40.0 Å². The van der Waals surface area contributed by atoms with Gasteiger partial charge in [-0.1, -0.05) is 18.2 Å². The van der Waals surface area contributed by atoms with Crippen molar-refractivity contribution in [2.75, 3.05) is 7.11 Å². The van der Waals surface area contributed by atoms with Gasteiger partial charge in [0.25, 0.3) is 0 Å². The first-order valence-electron chi connectivity index (χ1n) is 7.95. The third-order valence-electron chi connectivity index (χ3n) is 3.72. The fourth-order valence-corrected chi connectivity index (χ4v) is 2.31. The van der Waals surface area contributed by atoms with Gasteiger partial charge in [0.05, 0.1) is 19.0 Å². The number of nitrogens with zero attached hydrogens (tertiary/aromatic N) is 3. The minimum absolute atomic E-state index is 0.0308. The topological polar surface area (TPSA) is 83.3 Å². The second kappa shape index (κ2) is 7.60. The molecule has 0 unspecified atom stereocenters. The van der Waals surface area contributed by atoms with Crippen molar-refractivity contribution in [3.8, 4) is 11.4 Å². The van der Waals surface area contributed by atoms with Crippen molar-refractivity contribution in [3.05, 3.63) is 72.1 Å². The smallest absolute Gasteiger partial charge is 0.361 e. The van der Waals surface area contributed by atoms with E-state index < -0.39 is 12.1 Å². The van der Waals surface area contributed by atoms with Crippen molar-refractivity contribution in [2.45, 2.75) is 13.0 Å². The van der Waals surface area contributed by atoms with Crippen molar-refractivity contribution in [2.24, 2.45) is 0 Å². The molecule has 26 heavy (non-hydrogen) atoms. The van der Waals surface area contributed by atoms with E-state index >= 15 is 0 Å². The van der Waals surface area contributed by atoms with Crippen LogP contribution in [0.3, 0.4) is 0 Å². The van der Waals surface area contributed by atoms with Crippen LogP contribution in [0.2, 0.25) is 0 Å². The van der Waals surface area contributed by atoms with Gasteiger partial charge in [-0.15, -0.1) is 5.10 Å². The number of rotatable bonds is 6. The summed E-state index contributed by atoms with van der Waals surface area (Å²) in [6.07, 6.45) is 0.359. The molecule has 0 fully saturated rings. The van der Waals surface area contributed by atoms with Crippen LogP contribution in [0.4, 0.5) is 0 Å². The van der Waals surface area contributed by atoms with Crippen LogP contribution in [0.15, 0.2) is 60.8 Å². The van der Waals surface area contributed by atoms with E-state index in [4.69, 9.17) is 9.47 Å². The number of benzene rings is 2. The Kier molecular flexibility index (Phi) is 5.07. The van der Waals surface area contributed by atoms with Gasteiger partial charge in [-0.05, 0) is 43.3 Å². The van der Waals surface area contributed by atoms with E-state index in [1.807, 2.05) is 30.3 Å². The first-order valence-corrected chi connectivity index (χ1v) is 7.95. The zero-order valence-corrected chi connectivity index (χ0v) is 14.3. The first-order chi connectivity index (χ1) is 12.6. The summed E-state index contributed by atoms with van der Waals surface area (Å²) in [5.41, 5.74) is 1.18. The van der Waals surface area contributed by atoms with E-state index in [0.717, 1.165) is 0 Å². The Balaban J connectivity index is 1.67. The van der Waals surface area contributed by atoms with E-state index in [2.05, 4.69) is 10.2 Å². The number of ether oxygens (including phenoxy) is 2. The first kappa shape index (κ1) is 17.3. The quantitative estimate of drug-likeness (QED) is 0.501. The summed E-state index contributed by atoms with van der Waals surface area (Å²) in [5, 5.41) is 8.13. The number of methoxy groups -OCH3 is 1. The highest BCUT2D eigenvalue weighted by atomic mass is 16.5. The van der Waals surface area contributed by atoms with Crippen LogP contribution < -0.4 is 4.74 Å². The maximum Gasteiger partial charge on any atom is 0.361 e. The molecule has 0 aliphatic heterocycles. The number of hydrogen-bond acceptors (Lipinski definition) is 6. The maximum atomic E-state index is 12.4. The normalized spacial score (nSPS) is 11.6. The number of hydrogen-bond donors (Lipinski definition) is 0. The predicted molar refractivity (Wildman–Crippen MR) is 93.6 cm³/mol. The van der Waals surface area contributed by atoms with Crippen molar-refractivity contribution in [1.82, 2.24) is 15.0 Å². The molecule has 3 rings (SSSR count). The molecule has 2 aromatic carbocycles. The van der Waals surface area contributed by atoms with Gasteiger partial charge < -0.3 is 9.47 Å². The van der Waals surface area contributed by atoms with Crippen molar-refractivity contribution >= 4 is 11.8 Å². The minimum Gasteiger partial charge on any atom is -0.497 e. The van der Waals surface area contributed by atoms with Gasteiger partial charge in [0.15, 0.2) is 11.8 Å². The van der Waals surface area contributed by atoms with Crippen molar-refractivity contribution < 1.29 is 19.1 Å². The second-order valence-corrected chi connectivity index (χ2v) is 5.50. The van der Waals surface area contributed by atoms with Gasteiger partial charge in [-0.2, -0.15) is 9.90 Å². The maximum absolute atomic E-state index is 12.4. The monoisotopic (exact) mass is 351 g/mol. The summed E-state index contributed by atoms with van der Waals surface area (Å²) in [6.45, 7) is 1.52. The lowest BCUT2D eigenvalue weighted by Gasteiger charge is -2.11. The summed E-state index contributed by atoms with van der Waals surface area (Å²) in [7, 11) is 1.55. The molecular formula is C19H17N3O4. The number of carbonyl (C=O) groups is 2. The van der Waals surface area contributed by atoms with Gasteiger partial charge in [0, 0.05) is 5.56 Å². The highest BCUT2D eigenvalue weighted by Crippen LogP contribution is 2.14. The van der Waals surface area contributed by atoms with Crippen LogP contribution >= 0.6 is 0 Å². The zero-order valence-electron chi connectivity index (χ0n) is 14.3. The highest BCUT2D eigenvalue weighted by Gasteiger charge is 2.22. The Hall–Kier alpha value is -3.48. The molecule has 7 nitrogen and oxygen atoms in total. The molecule has 0 bridgehead atoms. The van der Waals surface area contributed by atoms with Crippen molar-refractivity contribution in [3.63, 3.8) is 0 Å². The third-order valence-corrected chi connectivity index (χ3v) is 3.72. The van der Waals surface area contributed by atoms with Crippen molar-refractivity contribution in [1.29, 1.82) is 0 Å². The average Bonchev–Trinajstić information content (AvgIpc) is 3.18. The number of ketones is 1. The molecule has 0 saturated heterocycles. The molecule has 132 valence electrons. The average molecular weight is 351 g/mol. The number of carbonyl (C=O) groups excluding carboxylic acids is 2. The molecule has 0 aliphatic carbocycles. The van der Waals surface area contributed by atoms with Crippen LogP contribution in [-0.2, 0) is 4.74 Å². The zero-order chi connectivity index (χ0) is 18.5. The third kappa shape index (κ3) is 3.77. The number of aromatic nitrogens is 3. The summed E-state index contributed by atoms with van der Waals surface area (Å²) < 4.78 is 10.3. The fourth-order valence-electron chi connectivity index (χ4n) is 2.31. The Morgan fingerprint density at radius 1 is 1.04 bits per heavy atom. The molecule has 0 saturated carbocycles. The van der Waals surface area contributed by atoms with E-state index in [0.29, 0.717) is 17.0 Å². The van der Waals surface area contributed by atoms with E-state index in [1.54, 1.807) is 31.4 Å². The van der Waals surface area contributed by atoms with Gasteiger partial charge in [-0.3, -0.25) is 4.79 Å². The molecule has 1 heterocycles. The molecular weight excluding hydrogens is 334 g/mol. The summed E-state index contributed by atoms with van der Waals surface area (Å²) in [5.74, 6) is -0.373. The summed E-state index contributed by atoms with van der Waals surface area (Å²) in [6, 6.07) is 15.8.